The number of aliphatic imine (C=N–C) groups is 2. The number of carbonyl (C=O) groups excluding carboxylic acids is 1. The van der Waals surface area contributed by atoms with Crippen molar-refractivity contribution in [1.82, 2.24) is 10.6 Å². The van der Waals surface area contributed by atoms with Crippen molar-refractivity contribution in [3.05, 3.63) is 59.6 Å². The molecule has 15 heteroatoms. The number of amidine groups is 3. The smallest absolute Gasteiger partial charge is 0.306 e. The minimum absolute atomic E-state index is 0.0684. The molecule has 0 saturated heterocycles. The summed E-state index contributed by atoms with van der Waals surface area (Å²) in [7, 11) is 3.59. The monoisotopic (exact) mass is 534 g/mol. The van der Waals surface area contributed by atoms with Gasteiger partial charge in [-0.25, -0.2) is 0 Å². The quantitative estimate of drug-likeness (QED) is 0.170. The Bertz CT molecular complexity index is 1460. The summed E-state index contributed by atoms with van der Waals surface area (Å²) in [5.74, 6) is -1.73. The predicted molar refractivity (Wildman–Crippen MR) is 144 cm³/mol. The molecule has 0 fully saturated rings. The van der Waals surface area contributed by atoms with Crippen molar-refractivity contribution in [3.63, 3.8) is 0 Å². The number of carbonyl (C=O) groups is 2. The number of nitrogen functional groups attached to an aromatic ring is 1. The molecule has 0 aromatic heterocycles. The van der Waals surface area contributed by atoms with Crippen molar-refractivity contribution >= 4 is 46.9 Å². The molecule has 1 amide bonds. The highest BCUT2D eigenvalue weighted by Gasteiger charge is 2.35. The van der Waals surface area contributed by atoms with Crippen LogP contribution in [0.4, 0.5) is 11.4 Å². The summed E-state index contributed by atoms with van der Waals surface area (Å²) >= 11 is 0. The number of nitrogens with one attached hydrogen (secondary N) is 5. The first kappa shape index (κ1) is 26.5. The normalized spacial score (nSPS) is 16.1. The third-order valence-electron chi connectivity index (χ3n) is 5.37. The highest BCUT2D eigenvalue weighted by Crippen LogP contribution is 2.32. The van der Waals surface area contributed by atoms with Gasteiger partial charge in [0.25, 0.3) is 5.88 Å². The molecule has 2 aromatic carbocycles. The maximum absolute atomic E-state index is 12.6. The van der Waals surface area contributed by atoms with Gasteiger partial charge in [-0.05, 0) is 30.3 Å². The summed E-state index contributed by atoms with van der Waals surface area (Å²) in [6.07, 6.45) is -0.530. The van der Waals surface area contributed by atoms with Crippen LogP contribution < -0.4 is 41.8 Å². The molecule has 1 unspecified atom stereocenters. The molecule has 2 heterocycles. The first-order valence-electron chi connectivity index (χ1n) is 11.4. The maximum Gasteiger partial charge on any atom is 0.306 e. The van der Waals surface area contributed by atoms with Crippen molar-refractivity contribution in [3.8, 4) is 11.5 Å². The first-order valence-corrected chi connectivity index (χ1v) is 11.4. The number of aliphatic carboxylic acids is 1. The Morgan fingerprint density at radius 1 is 1.15 bits per heavy atom. The van der Waals surface area contributed by atoms with Crippen molar-refractivity contribution in [1.29, 1.82) is 10.8 Å². The van der Waals surface area contributed by atoms with E-state index < -0.39 is 24.3 Å². The average Bonchev–Trinajstić information content (AvgIpc) is 2.84. The zero-order valence-corrected chi connectivity index (χ0v) is 20.9. The van der Waals surface area contributed by atoms with Gasteiger partial charge in [0.15, 0.2) is 17.5 Å². The van der Waals surface area contributed by atoms with E-state index in [-0.39, 0.29) is 41.0 Å². The van der Waals surface area contributed by atoms with Gasteiger partial charge < -0.3 is 41.6 Å². The van der Waals surface area contributed by atoms with E-state index in [4.69, 9.17) is 31.8 Å². The number of benzene rings is 2. The molecule has 1 atom stereocenters. The average molecular weight is 535 g/mol. The fraction of sp³-hybridized carbons (Fsp3) is 0.167. The second-order valence-corrected chi connectivity index (χ2v) is 8.56. The van der Waals surface area contributed by atoms with Gasteiger partial charge in [-0.1, -0.05) is 6.07 Å². The summed E-state index contributed by atoms with van der Waals surface area (Å²) in [6.45, 7) is 0. The Morgan fingerprint density at radius 3 is 2.59 bits per heavy atom. The number of rotatable bonds is 8. The number of nitrogens with zero attached hydrogens (tertiary/aromatic N) is 3. The Morgan fingerprint density at radius 2 is 1.92 bits per heavy atom. The van der Waals surface area contributed by atoms with Gasteiger partial charge in [-0.2, -0.15) is 4.99 Å². The molecule has 0 radical (unpaired) electrons. The molecule has 0 aliphatic carbocycles. The van der Waals surface area contributed by atoms with Crippen LogP contribution in [0, 0.1) is 10.8 Å². The van der Waals surface area contributed by atoms with Crippen molar-refractivity contribution in [2.75, 3.05) is 24.3 Å². The fourth-order valence-corrected chi connectivity index (χ4v) is 3.64. The van der Waals surface area contributed by atoms with Gasteiger partial charge in [0.1, 0.15) is 23.3 Å². The van der Waals surface area contributed by atoms with E-state index >= 15 is 0 Å². The second-order valence-electron chi connectivity index (χ2n) is 8.56. The molecular formula is C24H26N10O5. The number of anilines is 2. The fourth-order valence-electron chi connectivity index (χ4n) is 3.64. The Kier molecular flexibility index (Phi) is 7.32. The number of fused-ring (bicyclic) bond motifs is 1. The molecule has 15 nitrogen and oxygen atoms in total. The number of carboxylic acid groups (broad SMARTS) is 1. The number of ether oxygens (including phenoxy) is 2. The molecule has 10 N–H and O–H groups in total. The summed E-state index contributed by atoms with van der Waals surface area (Å²) in [4.78, 5) is 34.3. The van der Waals surface area contributed by atoms with Crippen LogP contribution >= 0.6 is 0 Å². The van der Waals surface area contributed by atoms with Gasteiger partial charge >= 0.3 is 12.0 Å². The maximum atomic E-state index is 12.6. The van der Waals surface area contributed by atoms with Crippen LogP contribution in [0.2, 0.25) is 0 Å². The van der Waals surface area contributed by atoms with Gasteiger partial charge in [-0.3, -0.25) is 30.7 Å². The largest absolute Gasteiger partial charge is 0.481 e. The number of hydrogen-bond acceptors (Lipinski definition) is 10. The standard InChI is InChI=1S/C24H26N10O5/c1-34(2)15-7-6-11(19(25)26)8-16(15)39-22-18-20(30-14(10-17(35)36)21(37)31-18)32-24(33-22)38-13-5-3-4-12(9-13)29-23(27)28/h3-9,14H,10H2,1-2H3,(H3,25,26)(H,31,37)(H,35,36)(H4,27,28,29)(H,30,32,33). The lowest BCUT2D eigenvalue weighted by atomic mass is 10.1. The zero-order chi connectivity index (χ0) is 28.3. The van der Waals surface area contributed by atoms with Crippen LogP contribution in [0.5, 0.6) is 11.5 Å². The van der Waals surface area contributed by atoms with Crippen molar-refractivity contribution in [2.45, 2.75) is 12.5 Å². The lowest BCUT2D eigenvalue weighted by Gasteiger charge is -2.28. The van der Waals surface area contributed by atoms with Crippen LogP contribution in [0.15, 0.2) is 64.0 Å². The number of carboxylic acids is 1. The van der Waals surface area contributed by atoms with Gasteiger partial charge in [0, 0.05) is 31.4 Å². The molecule has 2 aromatic rings. The minimum Gasteiger partial charge on any atom is -0.481 e. The van der Waals surface area contributed by atoms with Crippen molar-refractivity contribution in [2.24, 2.45) is 21.5 Å². The number of amides is 1. The molecule has 0 bridgehead atoms. The van der Waals surface area contributed by atoms with Crippen molar-refractivity contribution < 1.29 is 24.2 Å². The number of nitrogens with two attached hydrogens (primary N) is 2. The van der Waals surface area contributed by atoms with Crippen LogP contribution in [-0.2, 0) is 9.59 Å². The molecule has 2 aliphatic heterocycles. The Labute approximate surface area is 222 Å². The van der Waals surface area contributed by atoms with E-state index in [1.54, 1.807) is 61.5 Å². The third kappa shape index (κ3) is 6.22. The lowest BCUT2D eigenvalue weighted by Crippen LogP contribution is -2.51. The first-order chi connectivity index (χ1) is 18.5. The minimum atomic E-state index is -1.20. The van der Waals surface area contributed by atoms with Crippen LogP contribution in [0.1, 0.15) is 12.0 Å². The summed E-state index contributed by atoms with van der Waals surface area (Å²) in [6, 6.07) is 10.2. The lowest BCUT2D eigenvalue weighted by molar-refractivity contribution is -0.139. The highest BCUT2D eigenvalue weighted by atomic mass is 16.5. The molecule has 39 heavy (non-hydrogen) atoms. The van der Waals surface area contributed by atoms with E-state index in [1.807, 2.05) is 0 Å². The summed E-state index contributed by atoms with van der Waals surface area (Å²) < 4.78 is 12.0. The van der Waals surface area contributed by atoms with E-state index in [2.05, 4.69) is 25.9 Å². The second kappa shape index (κ2) is 10.8. The van der Waals surface area contributed by atoms with Crippen LogP contribution in [-0.4, -0.2) is 60.8 Å². The van der Waals surface area contributed by atoms with E-state index in [1.165, 1.54) is 0 Å². The third-order valence-corrected chi connectivity index (χ3v) is 5.37. The molecule has 0 saturated carbocycles. The topological polar surface area (TPSA) is 237 Å². The molecule has 0 spiro atoms. The summed E-state index contributed by atoms with van der Waals surface area (Å²) in [5.41, 5.74) is 12.6. The van der Waals surface area contributed by atoms with Crippen LogP contribution in [0.25, 0.3) is 0 Å². The number of hydrogen-bond donors (Lipinski definition) is 8. The summed E-state index contributed by atoms with van der Waals surface area (Å²) in [5, 5.41) is 32.5. The SMILES string of the molecule is CN(C)c1ccc(C(=N)N)cc1OC1=C2NC(=O)C(CC(=O)O)N=C2NC(Oc2cccc(NC(=N)N)c2)=N1. The molecule has 4 rings (SSSR count). The van der Waals surface area contributed by atoms with Gasteiger partial charge in [-0.15, -0.1) is 0 Å². The zero-order valence-electron chi connectivity index (χ0n) is 20.9. The molecular weight excluding hydrogens is 508 g/mol. The molecule has 202 valence electrons. The Hall–Kier alpha value is -5.60. The van der Waals surface area contributed by atoms with Gasteiger partial charge in [0.2, 0.25) is 5.91 Å². The van der Waals surface area contributed by atoms with E-state index in [0.717, 1.165) is 0 Å². The number of guanidine groups is 1. The molecule has 2 aliphatic rings. The highest BCUT2D eigenvalue weighted by molar-refractivity contribution is 6.14. The Balaban J connectivity index is 1.77. The van der Waals surface area contributed by atoms with Crippen LogP contribution in [0.3, 0.4) is 0 Å². The van der Waals surface area contributed by atoms with E-state index in [0.29, 0.717) is 22.7 Å². The van der Waals surface area contributed by atoms with Gasteiger partial charge in [0.05, 0.1) is 12.1 Å². The predicted octanol–water partition coefficient (Wildman–Crippen LogP) is 0.300. The van der Waals surface area contributed by atoms with E-state index in [9.17, 15) is 14.7 Å².